The first kappa shape index (κ1) is 16.7. The third-order valence-electron chi connectivity index (χ3n) is 3.83. The number of likely N-dealkylation sites (N-methyl/N-ethyl adjacent to an activating group) is 1. The van der Waals surface area contributed by atoms with Gasteiger partial charge in [0, 0.05) is 0 Å². The van der Waals surface area contributed by atoms with E-state index in [1.807, 2.05) is 7.05 Å². The van der Waals surface area contributed by atoms with Gasteiger partial charge in [-0.1, -0.05) is 26.8 Å². The molecule has 1 rings (SSSR count). The van der Waals surface area contributed by atoms with Crippen molar-refractivity contribution in [3.8, 4) is 5.75 Å². The van der Waals surface area contributed by atoms with Gasteiger partial charge in [0.1, 0.15) is 5.75 Å². The van der Waals surface area contributed by atoms with E-state index < -0.39 is 8.32 Å². The van der Waals surface area contributed by atoms with Crippen molar-refractivity contribution in [2.75, 3.05) is 13.6 Å². The van der Waals surface area contributed by atoms with Crippen LogP contribution in [0, 0.1) is 0 Å². The zero-order valence-electron chi connectivity index (χ0n) is 12.9. The Hall–Kier alpha value is -0.323. The SMILES string of the molecule is CNCCc1ccc(O[Si](C)(C)C(C)(C)C)c(Br)c1. The van der Waals surface area contributed by atoms with Crippen LogP contribution in [-0.2, 0) is 6.42 Å². The van der Waals surface area contributed by atoms with E-state index in [-0.39, 0.29) is 5.04 Å². The van der Waals surface area contributed by atoms with E-state index >= 15 is 0 Å². The van der Waals surface area contributed by atoms with Gasteiger partial charge in [-0.15, -0.1) is 0 Å². The van der Waals surface area contributed by atoms with Crippen molar-refractivity contribution in [3.63, 3.8) is 0 Å². The molecule has 0 aliphatic heterocycles. The van der Waals surface area contributed by atoms with Crippen molar-refractivity contribution in [2.45, 2.75) is 45.3 Å². The molecule has 0 amide bonds. The highest BCUT2D eigenvalue weighted by Gasteiger charge is 2.39. The van der Waals surface area contributed by atoms with Crippen molar-refractivity contribution in [1.82, 2.24) is 5.32 Å². The molecular weight excluding hydrogens is 318 g/mol. The predicted molar refractivity (Wildman–Crippen MR) is 89.6 cm³/mol. The van der Waals surface area contributed by atoms with E-state index in [2.05, 4.69) is 73.3 Å². The first-order chi connectivity index (χ1) is 8.67. The maximum absolute atomic E-state index is 6.33. The lowest BCUT2D eigenvalue weighted by molar-refractivity contribution is 0.489. The average molecular weight is 344 g/mol. The van der Waals surface area contributed by atoms with Gasteiger partial charge in [-0.2, -0.15) is 0 Å². The van der Waals surface area contributed by atoms with Gasteiger partial charge in [0.2, 0.25) is 0 Å². The van der Waals surface area contributed by atoms with E-state index in [0.29, 0.717) is 0 Å². The molecule has 0 heterocycles. The lowest BCUT2D eigenvalue weighted by atomic mass is 10.1. The summed E-state index contributed by atoms with van der Waals surface area (Å²) in [5.41, 5.74) is 1.32. The molecular formula is C15H26BrNOSi. The summed E-state index contributed by atoms with van der Waals surface area (Å²) in [5, 5.41) is 3.39. The highest BCUT2D eigenvalue weighted by atomic mass is 79.9. The van der Waals surface area contributed by atoms with Crippen LogP contribution >= 0.6 is 15.9 Å². The molecule has 0 unspecified atom stereocenters. The molecule has 1 aromatic rings. The van der Waals surface area contributed by atoms with Gasteiger partial charge < -0.3 is 9.74 Å². The first-order valence-corrected chi connectivity index (χ1v) is 10.5. The number of halogens is 1. The molecule has 1 N–H and O–H groups in total. The summed E-state index contributed by atoms with van der Waals surface area (Å²) in [4.78, 5) is 0. The Balaban J connectivity index is 2.86. The summed E-state index contributed by atoms with van der Waals surface area (Å²) in [5.74, 6) is 0.972. The minimum Gasteiger partial charge on any atom is -0.543 e. The van der Waals surface area contributed by atoms with Crippen molar-refractivity contribution in [2.24, 2.45) is 0 Å². The summed E-state index contributed by atoms with van der Waals surface area (Å²) in [6, 6.07) is 6.42. The van der Waals surface area contributed by atoms with Crippen LogP contribution in [0.15, 0.2) is 22.7 Å². The molecule has 0 aliphatic rings. The monoisotopic (exact) mass is 343 g/mol. The van der Waals surface area contributed by atoms with Crippen LogP contribution in [0.5, 0.6) is 5.75 Å². The van der Waals surface area contributed by atoms with Crippen LogP contribution in [0.1, 0.15) is 26.3 Å². The van der Waals surface area contributed by atoms with E-state index in [0.717, 1.165) is 23.2 Å². The van der Waals surface area contributed by atoms with Crippen LogP contribution in [0.4, 0.5) is 0 Å². The lowest BCUT2D eigenvalue weighted by Gasteiger charge is -2.36. The molecule has 4 heteroatoms. The fourth-order valence-corrected chi connectivity index (χ4v) is 3.17. The van der Waals surface area contributed by atoms with Gasteiger partial charge in [-0.3, -0.25) is 0 Å². The van der Waals surface area contributed by atoms with Gasteiger partial charge in [-0.25, -0.2) is 0 Å². The molecule has 0 spiro atoms. The fraction of sp³-hybridized carbons (Fsp3) is 0.600. The minimum atomic E-state index is -1.76. The molecule has 108 valence electrons. The van der Waals surface area contributed by atoms with Crippen molar-refractivity contribution >= 4 is 24.2 Å². The van der Waals surface area contributed by atoms with Crippen molar-refractivity contribution in [3.05, 3.63) is 28.2 Å². The molecule has 0 saturated heterocycles. The van der Waals surface area contributed by atoms with Crippen LogP contribution in [-0.4, -0.2) is 21.9 Å². The van der Waals surface area contributed by atoms with Crippen molar-refractivity contribution < 1.29 is 4.43 Å². The van der Waals surface area contributed by atoms with E-state index in [1.165, 1.54) is 5.56 Å². The molecule has 2 nitrogen and oxygen atoms in total. The Morgan fingerprint density at radius 1 is 1.26 bits per heavy atom. The Labute approximate surface area is 127 Å². The van der Waals surface area contributed by atoms with E-state index in [1.54, 1.807) is 0 Å². The largest absolute Gasteiger partial charge is 0.543 e. The molecule has 0 aromatic heterocycles. The number of hydrogen-bond donors (Lipinski definition) is 1. The normalized spacial score (nSPS) is 12.6. The van der Waals surface area contributed by atoms with Crippen LogP contribution in [0.25, 0.3) is 0 Å². The van der Waals surface area contributed by atoms with Gasteiger partial charge in [0.05, 0.1) is 4.47 Å². The Bertz CT molecular complexity index is 427. The third kappa shape index (κ3) is 4.62. The number of benzene rings is 1. The summed E-state index contributed by atoms with van der Waals surface area (Å²) < 4.78 is 7.39. The second-order valence-corrected chi connectivity index (χ2v) is 12.1. The van der Waals surface area contributed by atoms with Crippen LogP contribution in [0.3, 0.4) is 0 Å². The lowest BCUT2D eigenvalue weighted by Crippen LogP contribution is -2.43. The fourth-order valence-electron chi connectivity index (χ4n) is 1.48. The molecule has 19 heavy (non-hydrogen) atoms. The first-order valence-electron chi connectivity index (χ1n) is 6.79. The average Bonchev–Trinajstić information content (AvgIpc) is 2.28. The van der Waals surface area contributed by atoms with Gasteiger partial charge in [0.15, 0.2) is 0 Å². The Morgan fingerprint density at radius 2 is 1.89 bits per heavy atom. The maximum atomic E-state index is 6.33. The predicted octanol–water partition coefficient (Wildman–Crippen LogP) is 4.60. The Morgan fingerprint density at radius 3 is 2.37 bits per heavy atom. The number of rotatable bonds is 5. The quantitative estimate of drug-likeness (QED) is 0.789. The molecule has 0 radical (unpaired) electrons. The topological polar surface area (TPSA) is 21.3 Å². The third-order valence-corrected chi connectivity index (χ3v) is 8.79. The zero-order chi connectivity index (χ0) is 14.7. The zero-order valence-corrected chi connectivity index (χ0v) is 15.5. The number of nitrogens with one attached hydrogen (secondary N) is 1. The number of hydrogen-bond acceptors (Lipinski definition) is 2. The highest BCUT2D eigenvalue weighted by molar-refractivity contribution is 9.10. The standard InChI is InChI=1S/C15H26BrNOSi/c1-15(2,3)19(5,6)18-14-8-7-12(9-10-17-4)11-13(14)16/h7-8,11,17H,9-10H2,1-6H3. The minimum absolute atomic E-state index is 0.219. The van der Waals surface area contributed by atoms with E-state index in [4.69, 9.17) is 4.43 Å². The Kier molecular flexibility index (Phi) is 5.65. The highest BCUT2D eigenvalue weighted by Crippen LogP contribution is 2.39. The summed E-state index contributed by atoms with van der Waals surface area (Å²) in [6.07, 6.45) is 1.04. The van der Waals surface area contributed by atoms with Crippen molar-refractivity contribution in [1.29, 1.82) is 0 Å². The van der Waals surface area contributed by atoms with E-state index in [9.17, 15) is 0 Å². The summed E-state index contributed by atoms with van der Waals surface area (Å²) in [6.45, 7) is 12.3. The maximum Gasteiger partial charge on any atom is 0.250 e. The van der Waals surface area contributed by atoms with Gasteiger partial charge in [0.25, 0.3) is 8.32 Å². The van der Waals surface area contributed by atoms with Crippen LogP contribution in [0.2, 0.25) is 18.1 Å². The molecule has 1 aromatic carbocycles. The molecule has 0 fully saturated rings. The second-order valence-electron chi connectivity index (χ2n) is 6.48. The molecule has 0 aliphatic carbocycles. The smallest absolute Gasteiger partial charge is 0.250 e. The van der Waals surface area contributed by atoms with Gasteiger partial charge in [-0.05, 0) is 71.8 Å². The molecule has 0 bridgehead atoms. The summed E-state index contributed by atoms with van der Waals surface area (Å²) >= 11 is 3.64. The molecule has 0 atom stereocenters. The molecule has 0 saturated carbocycles. The summed E-state index contributed by atoms with van der Waals surface area (Å²) in [7, 11) is 0.214. The van der Waals surface area contributed by atoms with Gasteiger partial charge >= 0.3 is 0 Å². The second kappa shape index (κ2) is 6.42. The van der Waals surface area contributed by atoms with Crippen LogP contribution < -0.4 is 9.74 Å².